The summed E-state index contributed by atoms with van der Waals surface area (Å²) in [6.07, 6.45) is 23.7. The summed E-state index contributed by atoms with van der Waals surface area (Å²) in [4.78, 5) is 0. The molecule has 0 saturated heterocycles. The second-order valence-corrected chi connectivity index (χ2v) is 7.12. The fourth-order valence-electron chi connectivity index (χ4n) is 2.95. The van der Waals surface area contributed by atoms with E-state index in [9.17, 15) is 0 Å². The Morgan fingerprint density at radius 3 is 2.04 bits per heavy atom. The van der Waals surface area contributed by atoms with Crippen LogP contribution in [0.4, 0.5) is 0 Å². The van der Waals surface area contributed by atoms with Crippen molar-refractivity contribution in [1.29, 1.82) is 0 Å². The molecule has 0 spiro atoms. The number of nitrogens with zero attached hydrogens (tertiary/aromatic N) is 2. The van der Waals surface area contributed by atoms with E-state index in [2.05, 4.69) is 103 Å². The number of unbranched alkanes of at least 4 members (excludes halogenated alkanes) is 2. The molecule has 1 atom stereocenters. The smallest absolute Gasteiger partial charge is 0.198 e. The minimum atomic E-state index is 0.456. The third-order valence-electron chi connectivity index (χ3n) is 4.69. The van der Waals surface area contributed by atoms with Crippen molar-refractivity contribution < 1.29 is 9.13 Å². The molecule has 2 heteroatoms. The molecular formula is C24H34N2+2. The fraction of sp³-hybridized carbons (Fsp3) is 0.417. The van der Waals surface area contributed by atoms with Crippen LogP contribution in [0.3, 0.4) is 0 Å². The molecule has 1 unspecified atom stereocenters. The molecule has 0 amide bonds. The van der Waals surface area contributed by atoms with Crippen LogP contribution in [-0.2, 0) is 6.54 Å². The topological polar surface area (TPSA) is 7.76 Å². The maximum Gasteiger partial charge on any atom is 0.216 e. The molecule has 2 heterocycles. The van der Waals surface area contributed by atoms with Gasteiger partial charge in [0.2, 0.25) is 12.6 Å². The van der Waals surface area contributed by atoms with Crippen molar-refractivity contribution in [2.24, 2.45) is 0 Å². The van der Waals surface area contributed by atoms with Gasteiger partial charge in [0.05, 0.1) is 0 Å². The van der Waals surface area contributed by atoms with Gasteiger partial charge in [-0.15, -0.1) is 0 Å². The molecule has 0 bridgehead atoms. The predicted molar refractivity (Wildman–Crippen MR) is 109 cm³/mol. The monoisotopic (exact) mass is 350 g/mol. The first-order valence-electron chi connectivity index (χ1n) is 9.94. The van der Waals surface area contributed by atoms with Gasteiger partial charge in [-0.1, -0.05) is 44.1 Å². The summed E-state index contributed by atoms with van der Waals surface area (Å²) < 4.78 is 4.64. The number of hydrogen-bond donors (Lipinski definition) is 0. The Bertz CT molecular complexity index is 681. The summed E-state index contributed by atoms with van der Waals surface area (Å²) in [5, 5.41) is 0. The van der Waals surface area contributed by atoms with Crippen LogP contribution in [0.15, 0.2) is 73.4 Å². The molecule has 0 fully saturated rings. The van der Waals surface area contributed by atoms with E-state index in [-0.39, 0.29) is 0 Å². The van der Waals surface area contributed by atoms with Gasteiger partial charge in [-0.3, -0.25) is 0 Å². The number of aromatic nitrogens is 2. The van der Waals surface area contributed by atoms with E-state index in [1.165, 1.54) is 30.4 Å². The van der Waals surface area contributed by atoms with Gasteiger partial charge in [-0.05, 0) is 37.8 Å². The van der Waals surface area contributed by atoms with E-state index < -0.39 is 0 Å². The lowest BCUT2D eigenvalue weighted by Gasteiger charge is -2.09. The zero-order valence-electron chi connectivity index (χ0n) is 16.6. The molecule has 2 nitrogen and oxygen atoms in total. The zero-order chi connectivity index (χ0) is 18.6. The van der Waals surface area contributed by atoms with E-state index >= 15 is 0 Å². The summed E-state index contributed by atoms with van der Waals surface area (Å²) >= 11 is 0. The van der Waals surface area contributed by atoms with Crippen molar-refractivity contribution >= 4 is 0 Å². The van der Waals surface area contributed by atoms with E-state index in [0.29, 0.717) is 6.04 Å². The van der Waals surface area contributed by atoms with Crippen molar-refractivity contribution in [3.8, 4) is 0 Å². The Morgan fingerprint density at radius 1 is 0.846 bits per heavy atom. The van der Waals surface area contributed by atoms with Gasteiger partial charge >= 0.3 is 0 Å². The minimum absolute atomic E-state index is 0.456. The van der Waals surface area contributed by atoms with E-state index in [0.717, 1.165) is 19.4 Å². The molecule has 2 aromatic rings. The van der Waals surface area contributed by atoms with Gasteiger partial charge in [0, 0.05) is 30.7 Å². The molecular weight excluding hydrogens is 316 g/mol. The van der Waals surface area contributed by atoms with Gasteiger partial charge in [-0.2, -0.15) is 9.13 Å². The third-order valence-corrected chi connectivity index (χ3v) is 4.69. The van der Waals surface area contributed by atoms with Gasteiger partial charge in [0.1, 0.15) is 0 Å². The molecule has 0 aromatic carbocycles. The second-order valence-electron chi connectivity index (χ2n) is 7.12. The van der Waals surface area contributed by atoms with E-state index in [4.69, 9.17) is 0 Å². The van der Waals surface area contributed by atoms with Gasteiger partial charge < -0.3 is 0 Å². The van der Waals surface area contributed by atoms with E-state index in [1.54, 1.807) is 0 Å². The highest BCUT2D eigenvalue weighted by molar-refractivity contribution is 5.04. The summed E-state index contributed by atoms with van der Waals surface area (Å²) in [7, 11) is 0. The molecule has 0 aliphatic carbocycles. The quantitative estimate of drug-likeness (QED) is 0.316. The highest BCUT2D eigenvalue weighted by Gasteiger charge is 2.22. The number of hydrogen-bond acceptors (Lipinski definition) is 0. The van der Waals surface area contributed by atoms with Crippen LogP contribution in [0.1, 0.15) is 56.2 Å². The van der Waals surface area contributed by atoms with Crippen molar-refractivity contribution in [2.75, 3.05) is 0 Å². The highest BCUT2D eigenvalue weighted by atomic mass is 15.0. The van der Waals surface area contributed by atoms with Crippen LogP contribution in [0.2, 0.25) is 0 Å². The third kappa shape index (κ3) is 7.35. The molecule has 26 heavy (non-hydrogen) atoms. The highest BCUT2D eigenvalue weighted by Crippen LogP contribution is 2.09. The first kappa shape index (κ1) is 20.1. The van der Waals surface area contributed by atoms with Crippen LogP contribution >= 0.6 is 0 Å². The van der Waals surface area contributed by atoms with Crippen LogP contribution in [0.5, 0.6) is 0 Å². The van der Waals surface area contributed by atoms with Crippen LogP contribution < -0.4 is 9.13 Å². The molecule has 0 radical (unpaired) electrons. The first-order valence-corrected chi connectivity index (χ1v) is 9.94. The Labute approximate surface area is 159 Å². The minimum Gasteiger partial charge on any atom is -0.198 e. The van der Waals surface area contributed by atoms with Crippen LogP contribution in [-0.4, -0.2) is 0 Å². The lowest BCUT2D eigenvalue weighted by molar-refractivity contribution is -0.798. The fourth-order valence-corrected chi connectivity index (χ4v) is 2.95. The van der Waals surface area contributed by atoms with Crippen molar-refractivity contribution in [3.63, 3.8) is 0 Å². The summed E-state index contributed by atoms with van der Waals surface area (Å²) in [5.74, 6) is 0. The zero-order valence-corrected chi connectivity index (χ0v) is 16.6. The van der Waals surface area contributed by atoms with Crippen LogP contribution in [0, 0.1) is 13.8 Å². The normalized spacial score (nSPS) is 12.9. The van der Waals surface area contributed by atoms with Gasteiger partial charge in [-0.25, -0.2) is 0 Å². The maximum atomic E-state index is 2.35. The van der Waals surface area contributed by atoms with Crippen molar-refractivity contribution in [1.82, 2.24) is 0 Å². The Hall–Kier alpha value is -2.22. The number of allylic oxidation sites excluding steroid dienone is 4. The van der Waals surface area contributed by atoms with Gasteiger partial charge in [0.15, 0.2) is 24.8 Å². The molecule has 0 aliphatic heterocycles. The first-order chi connectivity index (χ1) is 12.7. The summed E-state index contributed by atoms with van der Waals surface area (Å²) in [5.41, 5.74) is 2.61. The average Bonchev–Trinajstić information content (AvgIpc) is 2.65. The van der Waals surface area contributed by atoms with Crippen molar-refractivity contribution in [2.45, 2.75) is 65.5 Å². The molecule has 138 valence electrons. The lowest BCUT2D eigenvalue weighted by Crippen LogP contribution is -2.48. The maximum absolute atomic E-state index is 2.35. The predicted octanol–water partition coefficient (Wildman–Crippen LogP) is 5.20. The Morgan fingerprint density at radius 2 is 1.42 bits per heavy atom. The Balaban J connectivity index is 1.96. The number of aryl methyl sites for hydroxylation is 2. The summed E-state index contributed by atoms with van der Waals surface area (Å²) in [6.45, 7) is 7.50. The molecule has 0 N–H and O–H groups in total. The number of rotatable bonds is 10. The standard InChI is InChI=1S/C24H34N2/c1-4-5-6-7-8-9-10-11-12-24(26-19-15-23(3)16-20-26)21-25-17-13-22(2)14-18-25/h7-10,13-20,24H,4-6,11-12,21H2,1-3H3/q+2. The number of pyridine rings is 2. The van der Waals surface area contributed by atoms with E-state index in [1.807, 2.05) is 0 Å². The van der Waals surface area contributed by atoms with Gasteiger partial charge in [0.25, 0.3) is 0 Å². The van der Waals surface area contributed by atoms with Crippen molar-refractivity contribution in [3.05, 3.63) is 84.5 Å². The molecule has 0 aliphatic rings. The summed E-state index contributed by atoms with van der Waals surface area (Å²) in [6, 6.07) is 9.20. The molecule has 0 saturated carbocycles. The Kier molecular flexibility index (Phi) is 8.82. The second kappa shape index (κ2) is 11.4. The SMILES string of the molecule is CCCCC=CC=CCCC(C[n+]1ccc(C)cc1)[n+]1ccc(C)cc1. The lowest BCUT2D eigenvalue weighted by atomic mass is 10.1. The molecule has 2 aromatic heterocycles. The largest absolute Gasteiger partial charge is 0.216 e. The molecule has 2 rings (SSSR count). The van der Waals surface area contributed by atoms with Crippen LogP contribution in [0.25, 0.3) is 0 Å². The average molecular weight is 351 g/mol.